The van der Waals surface area contributed by atoms with Gasteiger partial charge in [-0.15, -0.1) is 0 Å². The third kappa shape index (κ3) is 2.42. The van der Waals surface area contributed by atoms with E-state index in [2.05, 4.69) is 26.8 Å². The first-order valence-corrected chi connectivity index (χ1v) is 10.7. The highest BCUT2D eigenvalue weighted by molar-refractivity contribution is 5.87. The maximum absolute atomic E-state index is 12.6. The van der Waals surface area contributed by atoms with Crippen LogP contribution in [0.3, 0.4) is 0 Å². The zero-order valence-electron chi connectivity index (χ0n) is 16.6. The molecule has 7 atom stereocenters. The summed E-state index contributed by atoms with van der Waals surface area (Å²) in [6, 6.07) is 0. The van der Waals surface area contributed by atoms with Crippen molar-refractivity contribution in [1.82, 2.24) is 0 Å². The van der Waals surface area contributed by atoms with Crippen LogP contribution in [0.1, 0.15) is 78.6 Å². The van der Waals surface area contributed by atoms with E-state index >= 15 is 0 Å². The lowest BCUT2D eigenvalue weighted by atomic mass is 9.45. The molecule has 4 aliphatic rings. The molecule has 0 amide bonds. The van der Waals surface area contributed by atoms with E-state index in [1.54, 1.807) is 5.57 Å². The van der Waals surface area contributed by atoms with Crippen LogP contribution in [0.4, 0.5) is 0 Å². The Morgan fingerprint density at radius 1 is 1.24 bits per heavy atom. The molecule has 0 aromatic heterocycles. The van der Waals surface area contributed by atoms with Gasteiger partial charge in [-0.1, -0.05) is 38.8 Å². The number of ether oxygens (including phenoxy) is 1. The third-order valence-electron chi connectivity index (χ3n) is 9.06. The fourth-order valence-corrected chi connectivity index (χ4v) is 7.57. The van der Waals surface area contributed by atoms with Crippen molar-refractivity contribution in [1.29, 1.82) is 0 Å². The van der Waals surface area contributed by atoms with Crippen LogP contribution in [-0.4, -0.2) is 19.0 Å². The van der Waals surface area contributed by atoms with Crippen LogP contribution in [0.2, 0.25) is 0 Å². The molecular formula is C23H36O2. The lowest BCUT2D eigenvalue weighted by molar-refractivity contribution is -0.133. The highest BCUT2D eigenvalue weighted by atomic mass is 16.5. The van der Waals surface area contributed by atoms with Crippen molar-refractivity contribution in [3.8, 4) is 0 Å². The number of allylic oxidation sites excluding steroid dienone is 1. The molecule has 2 nitrogen and oxygen atoms in total. The molecule has 1 unspecified atom stereocenters. The molecule has 0 aliphatic heterocycles. The molecule has 2 heteroatoms. The number of hydrogen-bond donors (Lipinski definition) is 0. The summed E-state index contributed by atoms with van der Waals surface area (Å²) < 4.78 is 5.81. The second-order valence-corrected chi connectivity index (χ2v) is 9.83. The Balaban J connectivity index is 1.70. The summed E-state index contributed by atoms with van der Waals surface area (Å²) in [5.74, 6) is 3.46. The number of Topliss-reactive ketones (excluding diaryl/α,β-unsaturated/α-hetero) is 1. The minimum Gasteiger partial charge on any atom is -0.381 e. The average Bonchev–Trinajstić information content (AvgIpc) is 2.91. The highest BCUT2D eigenvalue weighted by Crippen LogP contribution is 2.65. The smallest absolute Gasteiger partial charge is 0.139 e. The van der Waals surface area contributed by atoms with Crippen LogP contribution < -0.4 is 0 Å². The van der Waals surface area contributed by atoms with E-state index in [1.807, 2.05) is 7.11 Å². The van der Waals surface area contributed by atoms with E-state index in [9.17, 15) is 4.79 Å². The summed E-state index contributed by atoms with van der Waals surface area (Å²) in [6.45, 7) is 7.20. The van der Waals surface area contributed by atoms with Crippen molar-refractivity contribution in [3.63, 3.8) is 0 Å². The molecule has 0 spiro atoms. The first-order chi connectivity index (χ1) is 11.9. The lowest BCUT2D eigenvalue weighted by Gasteiger charge is -2.59. The number of fused-ring (bicyclic) bond motifs is 5. The Bertz CT molecular complexity index is 579. The van der Waals surface area contributed by atoms with Gasteiger partial charge in [0, 0.05) is 18.9 Å². The molecule has 4 aliphatic carbocycles. The van der Waals surface area contributed by atoms with E-state index in [0.29, 0.717) is 23.2 Å². The second-order valence-electron chi connectivity index (χ2n) is 9.83. The van der Waals surface area contributed by atoms with Gasteiger partial charge in [0.15, 0.2) is 0 Å². The molecule has 0 bridgehead atoms. The molecule has 3 fully saturated rings. The molecule has 25 heavy (non-hydrogen) atoms. The quantitative estimate of drug-likeness (QED) is 0.627. The zero-order chi connectivity index (χ0) is 17.8. The summed E-state index contributed by atoms with van der Waals surface area (Å²) in [5.41, 5.74) is 2.03. The summed E-state index contributed by atoms with van der Waals surface area (Å²) >= 11 is 0. The van der Waals surface area contributed by atoms with Crippen LogP contribution in [0.5, 0.6) is 0 Å². The molecule has 0 heterocycles. The van der Waals surface area contributed by atoms with Crippen LogP contribution >= 0.6 is 0 Å². The standard InChI is InChI=1S/C23H36O2/c1-5-6-15-13-17(25-4)14-16-7-8-18-19-9-10-21(24)22(19,2)12-11-20(18)23(15,16)3/h7,15,17-20H,5-6,8-14H2,1-4H3/t15-,17?,18-,19-,20-,22-,23-/m0/s1. The fraction of sp³-hybridized carbons (Fsp3) is 0.870. The Labute approximate surface area is 153 Å². The molecule has 140 valence electrons. The van der Waals surface area contributed by atoms with Crippen LogP contribution in [0.15, 0.2) is 11.6 Å². The number of hydrogen-bond acceptors (Lipinski definition) is 2. The Kier molecular flexibility index (Phi) is 4.42. The number of carbonyl (C=O) groups excluding carboxylic acids is 1. The third-order valence-corrected chi connectivity index (χ3v) is 9.06. The van der Waals surface area contributed by atoms with Crippen molar-refractivity contribution in [2.45, 2.75) is 84.7 Å². The van der Waals surface area contributed by atoms with Gasteiger partial charge >= 0.3 is 0 Å². The first-order valence-electron chi connectivity index (χ1n) is 10.7. The summed E-state index contributed by atoms with van der Waals surface area (Å²) in [6.07, 6.45) is 13.5. The van der Waals surface area contributed by atoms with Crippen LogP contribution in [-0.2, 0) is 9.53 Å². The minimum absolute atomic E-state index is 0.00709. The molecule has 0 saturated heterocycles. The number of carbonyl (C=O) groups is 1. The van der Waals surface area contributed by atoms with Crippen molar-refractivity contribution in [2.75, 3.05) is 7.11 Å². The van der Waals surface area contributed by atoms with Gasteiger partial charge in [0.25, 0.3) is 0 Å². The topological polar surface area (TPSA) is 26.3 Å². The van der Waals surface area contributed by atoms with Gasteiger partial charge in [-0.05, 0) is 74.0 Å². The van der Waals surface area contributed by atoms with E-state index in [0.717, 1.165) is 43.4 Å². The van der Waals surface area contributed by atoms with Crippen molar-refractivity contribution < 1.29 is 9.53 Å². The monoisotopic (exact) mass is 344 g/mol. The first kappa shape index (κ1) is 17.8. The van der Waals surface area contributed by atoms with Gasteiger partial charge in [0.2, 0.25) is 0 Å². The Morgan fingerprint density at radius 2 is 2.04 bits per heavy atom. The van der Waals surface area contributed by atoms with Gasteiger partial charge < -0.3 is 4.74 Å². The fourth-order valence-electron chi connectivity index (χ4n) is 7.57. The zero-order valence-corrected chi connectivity index (χ0v) is 16.6. The number of methoxy groups -OCH3 is 1. The highest BCUT2D eigenvalue weighted by Gasteiger charge is 2.60. The maximum Gasteiger partial charge on any atom is 0.139 e. The second kappa shape index (κ2) is 6.22. The predicted octanol–water partition coefficient (Wildman–Crippen LogP) is 5.56. The molecule has 0 N–H and O–H groups in total. The van der Waals surface area contributed by atoms with Gasteiger partial charge in [0.05, 0.1) is 6.10 Å². The van der Waals surface area contributed by atoms with Gasteiger partial charge in [-0.25, -0.2) is 0 Å². The van der Waals surface area contributed by atoms with Gasteiger partial charge in [0.1, 0.15) is 5.78 Å². The van der Waals surface area contributed by atoms with Crippen molar-refractivity contribution in [2.24, 2.45) is 34.5 Å². The van der Waals surface area contributed by atoms with Crippen molar-refractivity contribution >= 4 is 5.78 Å². The summed E-state index contributed by atoms with van der Waals surface area (Å²) in [5, 5.41) is 0. The van der Waals surface area contributed by atoms with E-state index in [1.165, 1.54) is 32.1 Å². The van der Waals surface area contributed by atoms with E-state index < -0.39 is 0 Å². The Hall–Kier alpha value is -0.630. The predicted molar refractivity (Wildman–Crippen MR) is 101 cm³/mol. The van der Waals surface area contributed by atoms with E-state index in [-0.39, 0.29) is 5.41 Å². The Morgan fingerprint density at radius 3 is 2.76 bits per heavy atom. The SMILES string of the molecule is CCC[C@H]1CC(OC)CC2=CC[C@@H]3[C@H](CC[C@]4(C)C(=O)CC[C@@H]34)[C@]21C. The molecule has 4 rings (SSSR count). The summed E-state index contributed by atoms with van der Waals surface area (Å²) in [7, 11) is 1.89. The normalized spacial score (nSPS) is 49.2. The number of rotatable bonds is 3. The van der Waals surface area contributed by atoms with Gasteiger partial charge in [-0.3, -0.25) is 4.79 Å². The minimum atomic E-state index is -0.00709. The van der Waals surface area contributed by atoms with E-state index in [4.69, 9.17) is 4.74 Å². The summed E-state index contributed by atoms with van der Waals surface area (Å²) in [4.78, 5) is 12.6. The molecule has 0 aromatic rings. The maximum atomic E-state index is 12.6. The van der Waals surface area contributed by atoms with Crippen LogP contribution in [0, 0.1) is 34.5 Å². The van der Waals surface area contributed by atoms with Crippen LogP contribution in [0.25, 0.3) is 0 Å². The van der Waals surface area contributed by atoms with Crippen molar-refractivity contribution in [3.05, 3.63) is 11.6 Å². The largest absolute Gasteiger partial charge is 0.381 e. The number of ketones is 1. The lowest BCUT2D eigenvalue weighted by Crippen LogP contribution is -2.53. The molecular weight excluding hydrogens is 308 g/mol. The average molecular weight is 345 g/mol. The molecule has 0 aromatic carbocycles. The van der Waals surface area contributed by atoms with Gasteiger partial charge in [-0.2, -0.15) is 0 Å². The molecule has 0 radical (unpaired) electrons. The molecule has 3 saturated carbocycles.